The average Bonchev–Trinajstić information content (AvgIpc) is 3.24. The molecule has 4 rings (SSSR count). The Morgan fingerprint density at radius 2 is 2.19 bits per heavy atom. The number of thioether (sulfide) groups is 1. The largest absolute Gasteiger partial charge is 0.491 e. The van der Waals surface area contributed by atoms with Crippen LogP contribution in [0.1, 0.15) is 40.4 Å². The number of rotatable bonds is 3. The van der Waals surface area contributed by atoms with Crippen LogP contribution in [0.15, 0.2) is 32.2 Å². The van der Waals surface area contributed by atoms with E-state index in [0.29, 0.717) is 29.4 Å². The van der Waals surface area contributed by atoms with Gasteiger partial charge in [-0.1, -0.05) is 5.16 Å². The van der Waals surface area contributed by atoms with Gasteiger partial charge in [-0.15, -0.1) is 11.8 Å². The molecule has 0 amide bonds. The first-order chi connectivity index (χ1) is 10.3. The number of carbonyl (C=O) groups is 1. The van der Waals surface area contributed by atoms with Crippen LogP contribution in [0, 0.1) is 0 Å². The summed E-state index contributed by atoms with van der Waals surface area (Å²) < 4.78 is 12.0. The molecule has 2 aliphatic rings. The lowest BCUT2D eigenvalue weighted by Crippen LogP contribution is -2.13. The molecule has 1 aliphatic carbocycles. The van der Waals surface area contributed by atoms with E-state index in [-0.39, 0.29) is 5.78 Å². The van der Waals surface area contributed by atoms with Gasteiger partial charge in [0, 0.05) is 16.1 Å². The minimum absolute atomic E-state index is 0.0654. The summed E-state index contributed by atoms with van der Waals surface area (Å²) in [6.07, 6.45) is 3.67. The lowest BCUT2D eigenvalue weighted by Gasteiger charge is -2.20. The Labute approximate surface area is 134 Å². The van der Waals surface area contributed by atoms with Gasteiger partial charge in [-0.2, -0.15) is 0 Å². The van der Waals surface area contributed by atoms with Crippen molar-refractivity contribution in [1.29, 1.82) is 0 Å². The summed E-state index contributed by atoms with van der Waals surface area (Å²) in [5, 5.41) is 3.81. The van der Waals surface area contributed by atoms with E-state index in [2.05, 4.69) is 21.1 Å². The van der Waals surface area contributed by atoms with Crippen molar-refractivity contribution in [3.63, 3.8) is 0 Å². The van der Waals surface area contributed by atoms with Crippen LogP contribution >= 0.6 is 27.7 Å². The van der Waals surface area contributed by atoms with Crippen molar-refractivity contribution >= 4 is 33.5 Å². The minimum atomic E-state index is -0.0654. The molecule has 108 valence electrons. The third-order valence-corrected chi connectivity index (χ3v) is 5.66. The Morgan fingerprint density at radius 1 is 1.33 bits per heavy atom. The summed E-state index contributed by atoms with van der Waals surface area (Å²) in [6.45, 7) is 0.619. The molecule has 0 radical (unpaired) electrons. The first-order valence-electron chi connectivity index (χ1n) is 6.83. The van der Waals surface area contributed by atoms with Gasteiger partial charge >= 0.3 is 0 Å². The van der Waals surface area contributed by atoms with E-state index >= 15 is 0 Å². The van der Waals surface area contributed by atoms with Crippen molar-refractivity contribution in [2.24, 2.45) is 0 Å². The SMILES string of the molecule is O=C(c1cnoc1C1CC1)c1ccc(Br)c2c1OCCS2. The molecule has 2 heterocycles. The highest BCUT2D eigenvalue weighted by atomic mass is 79.9. The molecule has 1 fully saturated rings. The number of benzene rings is 1. The van der Waals surface area contributed by atoms with Crippen LogP contribution in [0.25, 0.3) is 0 Å². The zero-order valence-electron chi connectivity index (χ0n) is 11.1. The molecular formula is C15H12BrNO3S. The van der Waals surface area contributed by atoms with Gasteiger partial charge in [-0.05, 0) is 40.9 Å². The maximum atomic E-state index is 12.8. The van der Waals surface area contributed by atoms with E-state index in [0.717, 1.165) is 33.7 Å². The third-order valence-electron chi connectivity index (χ3n) is 3.68. The van der Waals surface area contributed by atoms with Crippen molar-refractivity contribution in [3.8, 4) is 5.75 Å². The first-order valence-corrected chi connectivity index (χ1v) is 8.61. The van der Waals surface area contributed by atoms with E-state index in [1.165, 1.54) is 6.20 Å². The molecule has 1 aromatic heterocycles. The highest BCUT2D eigenvalue weighted by molar-refractivity contribution is 9.10. The van der Waals surface area contributed by atoms with E-state index in [1.807, 2.05) is 6.07 Å². The Kier molecular flexibility index (Phi) is 3.30. The van der Waals surface area contributed by atoms with Crippen LogP contribution in [0.5, 0.6) is 5.75 Å². The van der Waals surface area contributed by atoms with Gasteiger partial charge in [0.1, 0.15) is 5.75 Å². The molecule has 21 heavy (non-hydrogen) atoms. The normalized spacial score (nSPS) is 17.2. The number of aromatic nitrogens is 1. The summed E-state index contributed by atoms with van der Waals surface area (Å²) in [4.78, 5) is 13.8. The van der Waals surface area contributed by atoms with E-state index in [4.69, 9.17) is 9.26 Å². The fraction of sp³-hybridized carbons (Fsp3) is 0.333. The van der Waals surface area contributed by atoms with Crippen LogP contribution in [-0.2, 0) is 0 Å². The first kappa shape index (κ1) is 13.4. The number of nitrogens with zero attached hydrogens (tertiary/aromatic N) is 1. The van der Waals surface area contributed by atoms with Gasteiger partial charge in [-0.3, -0.25) is 4.79 Å². The molecule has 0 bridgehead atoms. The van der Waals surface area contributed by atoms with Crippen LogP contribution in [0.2, 0.25) is 0 Å². The van der Waals surface area contributed by atoms with Crippen molar-refractivity contribution in [1.82, 2.24) is 5.16 Å². The quantitative estimate of drug-likeness (QED) is 0.768. The molecule has 0 unspecified atom stereocenters. The number of carbonyl (C=O) groups excluding carboxylic acids is 1. The van der Waals surface area contributed by atoms with Gasteiger partial charge < -0.3 is 9.26 Å². The average molecular weight is 366 g/mol. The fourth-order valence-electron chi connectivity index (χ4n) is 2.49. The molecular weight excluding hydrogens is 354 g/mol. The number of hydrogen-bond acceptors (Lipinski definition) is 5. The molecule has 4 nitrogen and oxygen atoms in total. The summed E-state index contributed by atoms with van der Waals surface area (Å²) >= 11 is 5.22. The molecule has 0 atom stereocenters. The lowest BCUT2D eigenvalue weighted by atomic mass is 10.0. The van der Waals surface area contributed by atoms with Crippen molar-refractivity contribution in [3.05, 3.63) is 39.7 Å². The molecule has 0 spiro atoms. The summed E-state index contributed by atoms with van der Waals surface area (Å²) in [6, 6.07) is 3.71. The maximum absolute atomic E-state index is 12.8. The molecule has 2 aromatic rings. The maximum Gasteiger partial charge on any atom is 0.201 e. The predicted octanol–water partition coefficient (Wildman–Crippen LogP) is 4.03. The summed E-state index contributed by atoms with van der Waals surface area (Å²) in [5.74, 6) is 2.58. The van der Waals surface area contributed by atoms with Crippen molar-refractivity contribution < 1.29 is 14.1 Å². The van der Waals surface area contributed by atoms with Crippen LogP contribution in [0.4, 0.5) is 0 Å². The second-order valence-electron chi connectivity index (χ2n) is 5.16. The Bertz CT molecular complexity index is 724. The van der Waals surface area contributed by atoms with Gasteiger partial charge in [0.2, 0.25) is 5.78 Å². The number of halogens is 1. The molecule has 0 N–H and O–H groups in total. The minimum Gasteiger partial charge on any atom is -0.491 e. The molecule has 6 heteroatoms. The molecule has 1 aromatic carbocycles. The third kappa shape index (κ3) is 2.30. The number of ether oxygens (including phenoxy) is 1. The number of ketones is 1. The standard InChI is InChI=1S/C15H12BrNO3S/c16-11-4-3-9(14-15(11)21-6-5-19-14)12(18)10-7-17-20-13(10)8-1-2-8/h3-4,7-8H,1-2,5-6H2. The van der Waals surface area contributed by atoms with Crippen molar-refractivity contribution in [2.45, 2.75) is 23.7 Å². The van der Waals surface area contributed by atoms with Crippen LogP contribution in [-0.4, -0.2) is 23.3 Å². The van der Waals surface area contributed by atoms with Gasteiger partial charge in [0.05, 0.1) is 28.8 Å². The summed E-state index contributed by atoms with van der Waals surface area (Å²) in [7, 11) is 0. The second kappa shape index (κ2) is 5.18. The van der Waals surface area contributed by atoms with E-state index in [9.17, 15) is 4.79 Å². The molecule has 1 saturated carbocycles. The van der Waals surface area contributed by atoms with Crippen molar-refractivity contribution in [2.75, 3.05) is 12.4 Å². The Morgan fingerprint density at radius 3 is 3.00 bits per heavy atom. The summed E-state index contributed by atoms with van der Waals surface area (Å²) in [5.41, 5.74) is 1.16. The highest BCUT2D eigenvalue weighted by Gasteiger charge is 2.34. The highest BCUT2D eigenvalue weighted by Crippen LogP contribution is 2.44. The zero-order valence-corrected chi connectivity index (χ0v) is 13.5. The number of fused-ring (bicyclic) bond motifs is 1. The van der Waals surface area contributed by atoms with E-state index in [1.54, 1.807) is 17.8 Å². The molecule has 0 saturated heterocycles. The lowest BCUT2D eigenvalue weighted by molar-refractivity contribution is 0.103. The van der Waals surface area contributed by atoms with Gasteiger partial charge in [0.25, 0.3) is 0 Å². The van der Waals surface area contributed by atoms with Gasteiger partial charge in [-0.25, -0.2) is 0 Å². The zero-order chi connectivity index (χ0) is 14.4. The van der Waals surface area contributed by atoms with Crippen LogP contribution < -0.4 is 4.74 Å². The van der Waals surface area contributed by atoms with E-state index < -0.39 is 0 Å². The predicted molar refractivity (Wildman–Crippen MR) is 82.3 cm³/mol. The topological polar surface area (TPSA) is 52.3 Å². The monoisotopic (exact) mass is 365 g/mol. The fourth-order valence-corrected chi connectivity index (χ4v) is 4.02. The Balaban J connectivity index is 1.79. The Hall–Kier alpha value is -1.27. The molecule has 1 aliphatic heterocycles. The van der Waals surface area contributed by atoms with Gasteiger partial charge in [0.15, 0.2) is 5.76 Å². The van der Waals surface area contributed by atoms with Crippen LogP contribution in [0.3, 0.4) is 0 Å². The smallest absolute Gasteiger partial charge is 0.201 e. The number of hydrogen-bond donors (Lipinski definition) is 0. The second-order valence-corrected chi connectivity index (χ2v) is 7.12.